The van der Waals surface area contributed by atoms with Crippen LogP contribution in [0, 0.1) is 18.2 Å². The van der Waals surface area contributed by atoms with Gasteiger partial charge in [-0.2, -0.15) is 0 Å². The molecule has 5 heteroatoms. The average Bonchev–Trinajstić information content (AvgIpc) is 2.76. The standard InChI is InChI=1S/C16H20ClFN2O/c1-9-5-12-11(6-10(9)18)19-15(8-17)20(12)13-7-14(21-4)16(13,2)3/h5-6,13-14H,7-8H2,1-4H3. The van der Waals surface area contributed by atoms with Crippen LogP contribution in [0.5, 0.6) is 0 Å². The number of nitrogens with zero attached hydrogens (tertiary/aromatic N) is 2. The maximum atomic E-state index is 13.8. The van der Waals surface area contributed by atoms with Gasteiger partial charge < -0.3 is 9.30 Å². The van der Waals surface area contributed by atoms with Gasteiger partial charge in [0, 0.05) is 24.6 Å². The molecule has 3 rings (SSSR count). The van der Waals surface area contributed by atoms with Crippen LogP contribution in [0.4, 0.5) is 4.39 Å². The molecular formula is C16H20ClFN2O. The summed E-state index contributed by atoms with van der Waals surface area (Å²) in [5, 5.41) is 0. The molecule has 1 saturated carbocycles. The Hall–Kier alpha value is -1.13. The molecule has 114 valence electrons. The smallest absolute Gasteiger partial charge is 0.128 e. The van der Waals surface area contributed by atoms with E-state index in [1.54, 1.807) is 14.0 Å². The minimum absolute atomic E-state index is 0.00544. The predicted molar refractivity (Wildman–Crippen MR) is 82.2 cm³/mol. The Morgan fingerprint density at radius 2 is 2.19 bits per heavy atom. The van der Waals surface area contributed by atoms with Crippen LogP contribution >= 0.6 is 11.6 Å². The quantitative estimate of drug-likeness (QED) is 0.794. The Labute approximate surface area is 129 Å². The fourth-order valence-electron chi connectivity index (χ4n) is 3.41. The van der Waals surface area contributed by atoms with E-state index in [9.17, 15) is 4.39 Å². The molecule has 0 bridgehead atoms. The Morgan fingerprint density at radius 3 is 2.76 bits per heavy atom. The fraction of sp³-hybridized carbons (Fsp3) is 0.562. The third-order valence-electron chi connectivity index (χ3n) is 4.88. The van der Waals surface area contributed by atoms with E-state index in [-0.39, 0.29) is 23.4 Å². The number of methoxy groups -OCH3 is 1. The lowest BCUT2D eigenvalue weighted by Crippen LogP contribution is -2.51. The number of imidazole rings is 1. The molecule has 2 unspecified atom stereocenters. The number of benzene rings is 1. The predicted octanol–water partition coefficient (Wildman–Crippen LogP) is 4.21. The molecule has 0 amide bonds. The van der Waals surface area contributed by atoms with Crippen molar-refractivity contribution in [2.75, 3.05) is 7.11 Å². The van der Waals surface area contributed by atoms with Crippen LogP contribution in [-0.4, -0.2) is 22.8 Å². The molecule has 3 nitrogen and oxygen atoms in total. The third-order valence-corrected chi connectivity index (χ3v) is 5.12. The van der Waals surface area contributed by atoms with Crippen LogP contribution in [0.1, 0.15) is 37.7 Å². The van der Waals surface area contributed by atoms with Crippen LogP contribution < -0.4 is 0 Å². The van der Waals surface area contributed by atoms with Gasteiger partial charge in [0.25, 0.3) is 0 Å². The monoisotopic (exact) mass is 310 g/mol. The average molecular weight is 311 g/mol. The van der Waals surface area contributed by atoms with E-state index < -0.39 is 0 Å². The summed E-state index contributed by atoms with van der Waals surface area (Å²) in [5.74, 6) is 0.889. The first-order valence-corrected chi connectivity index (χ1v) is 7.69. The van der Waals surface area contributed by atoms with Crippen molar-refractivity contribution in [1.82, 2.24) is 9.55 Å². The number of hydrogen-bond donors (Lipinski definition) is 0. The first kappa shape index (κ1) is 14.8. The highest BCUT2D eigenvalue weighted by atomic mass is 35.5. The fourth-order valence-corrected chi connectivity index (χ4v) is 3.60. The Balaban J connectivity index is 2.16. The van der Waals surface area contributed by atoms with Crippen molar-refractivity contribution < 1.29 is 9.13 Å². The summed E-state index contributed by atoms with van der Waals surface area (Å²) in [4.78, 5) is 4.50. The van der Waals surface area contributed by atoms with E-state index in [2.05, 4.69) is 23.4 Å². The summed E-state index contributed by atoms with van der Waals surface area (Å²) in [7, 11) is 1.75. The zero-order valence-electron chi connectivity index (χ0n) is 12.8. The van der Waals surface area contributed by atoms with Crippen molar-refractivity contribution in [2.24, 2.45) is 5.41 Å². The molecule has 1 aromatic carbocycles. The molecule has 1 aliphatic carbocycles. The van der Waals surface area contributed by atoms with Crippen molar-refractivity contribution in [3.05, 3.63) is 29.3 Å². The van der Waals surface area contributed by atoms with E-state index in [4.69, 9.17) is 16.3 Å². The van der Waals surface area contributed by atoms with Crippen molar-refractivity contribution in [3.63, 3.8) is 0 Å². The number of halogens is 2. The summed E-state index contributed by atoms with van der Waals surface area (Å²) in [5.41, 5.74) is 2.26. The van der Waals surface area contributed by atoms with E-state index in [1.165, 1.54) is 6.07 Å². The highest BCUT2D eigenvalue weighted by Gasteiger charge is 2.50. The second kappa shape index (κ2) is 4.96. The maximum Gasteiger partial charge on any atom is 0.128 e. The molecule has 2 atom stereocenters. The third kappa shape index (κ3) is 2.08. The summed E-state index contributed by atoms with van der Waals surface area (Å²) >= 11 is 6.06. The molecule has 1 heterocycles. The van der Waals surface area contributed by atoms with Gasteiger partial charge in [0.05, 0.1) is 23.0 Å². The molecule has 0 spiro atoms. The lowest BCUT2D eigenvalue weighted by molar-refractivity contribution is -0.112. The van der Waals surface area contributed by atoms with E-state index in [0.29, 0.717) is 17.0 Å². The molecule has 0 radical (unpaired) electrons. The van der Waals surface area contributed by atoms with Crippen LogP contribution in [0.15, 0.2) is 12.1 Å². The van der Waals surface area contributed by atoms with Crippen LogP contribution in [0.25, 0.3) is 11.0 Å². The molecule has 1 aliphatic rings. The van der Waals surface area contributed by atoms with E-state index in [1.807, 2.05) is 6.07 Å². The maximum absolute atomic E-state index is 13.8. The highest BCUT2D eigenvalue weighted by Crippen LogP contribution is 2.52. The molecule has 0 aliphatic heterocycles. The topological polar surface area (TPSA) is 27.1 Å². The van der Waals surface area contributed by atoms with Crippen molar-refractivity contribution >= 4 is 22.6 Å². The number of aryl methyl sites for hydroxylation is 1. The second-order valence-corrected chi connectivity index (χ2v) is 6.69. The van der Waals surface area contributed by atoms with Crippen molar-refractivity contribution in [2.45, 2.75) is 45.2 Å². The van der Waals surface area contributed by atoms with E-state index in [0.717, 1.165) is 17.8 Å². The Morgan fingerprint density at radius 1 is 1.48 bits per heavy atom. The van der Waals surface area contributed by atoms with Gasteiger partial charge in [0.15, 0.2) is 0 Å². The van der Waals surface area contributed by atoms with Gasteiger partial charge >= 0.3 is 0 Å². The second-order valence-electron chi connectivity index (χ2n) is 6.42. The minimum atomic E-state index is -0.226. The van der Waals surface area contributed by atoms with Crippen molar-refractivity contribution in [1.29, 1.82) is 0 Å². The van der Waals surface area contributed by atoms with Crippen LogP contribution in [-0.2, 0) is 10.6 Å². The van der Waals surface area contributed by atoms with Gasteiger partial charge in [-0.25, -0.2) is 9.37 Å². The molecule has 21 heavy (non-hydrogen) atoms. The van der Waals surface area contributed by atoms with Gasteiger partial charge in [-0.05, 0) is 25.0 Å². The summed E-state index contributed by atoms with van der Waals surface area (Å²) in [6, 6.07) is 3.63. The largest absolute Gasteiger partial charge is 0.381 e. The molecule has 1 aromatic heterocycles. The highest BCUT2D eigenvalue weighted by molar-refractivity contribution is 6.16. The number of ether oxygens (including phenoxy) is 1. The lowest BCUT2D eigenvalue weighted by Gasteiger charge is -2.52. The molecule has 1 fully saturated rings. The van der Waals surface area contributed by atoms with E-state index >= 15 is 0 Å². The number of aromatic nitrogens is 2. The van der Waals surface area contributed by atoms with Crippen LogP contribution in [0.2, 0.25) is 0 Å². The normalized spacial score (nSPS) is 24.3. The van der Waals surface area contributed by atoms with Gasteiger partial charge in [-0.15, -0.1) is 11.6 Å². The molecule has 0 N–H and O–H groups in total. The zero-order valence-corrected chi connectivity index (χ0v) is 13.5. The summed E-state index contributed by atoms with van der Waals surface area (Å²) in [6.07, 6.45) is 1.15. The first-order valence-electron chi connectivity index (χ1n) is 7.15. The number of hydrogen-bond acceptors (Lipinski definition) is 2. The number of rotatable bonds is 3. The number of alkyl halides is 1. The molecule has 2 aromatic rings. The van der Waals surface area contributed by atoms with Crippen LogP contribution in [0.3, 0.4) is 0 Å². The number of fused-ring (bicyclic) bond motifs is 1. The summed E-state index contributed by atoms with van der Waals surface area (Å²) < 4.78 is 21.5. The zero-order chi connectivity index (χ0) is 15.4. The van der Waals surface area contributed by atoms with Gasteiger partial charge in [0.2, 0.25) is 0 Å². The SMILES string of the molecule is COC1CC(n2c(CCl)nc3cc(F)c(C)cc32)C1(C)C. The molecular weight excluding hydrogens is 291 g/mol. The Bertz CT molecular complexity index is 695. The van der Waals surface area contributed by atoms with Gasteiger partial charge in [-0.3, -0.25) is 0 Å². The Kier molecular flexibility index (Phi) is 3.49. The molecule has 0 saturated heterocycles. The van der Waals surface area contributed by atoms with Gasteiger partial charge in [0.1, 0.15) is 11.6 Å². The van der Waals surface area contributed by atoms with Crippen molar-refractivity contribution in [3.8, 4) is 0 Å². The van der Waals surface area contributed by atoms with Gasteiger partial charge in [-0.1, -0.05) is 13.8 Å². The lowest BCUT2D eigenvalue weighted by atomic mass is 9.64. The summed E-state index contributed by atoms with van der Waals surface area (Å²) in [6.45, 7) is 6.15. The first-order chi connectivity index (χ1) is 9.90. The minimum Gasteiger partial charge on any atom is -0.381 e.